The van der Waals surface area contributed by atoms with E-state index in [0.29, 0.717) is 23.8 Å². The number of hydrazine groups is 1. The lowest BCUT2D eigenvalue weighted by molar-refractivity contribution is -0.134. The van der Waals surface area contributed by atoms with Crippen LogP contribution in [0, 0.1) is 6.92 Å². The maximum atomic E-state index is 12.5. The summed E-state index contributed by atoms with van der Waals surface area (Å²) in [5.41, 5.74) is 6.96. The summed E-state index contributed by atoms with van der Waals surface area (Å²) in [6, 6.07) is 15.1. The quantitative estimate of drug-likeness (QED) is 0.628. The highest BCUT2D eigenvalue weighted by Crippen LogP contribution is 2.29. The van der Waals surface area contributed by atoms with Crippen molar-refractivity contribution in [1.29, 1.82) is 0 Å². The second-order valence-corrected chi connectivity index (χ2v) is 7.00. The van der Waals surface area contributed by atoms with E-state index < -0.39 is 17.9 Å². The van der Waals surface area contributed by atoms with Crippen LogP contribution in [0.25, 0.3) is 0 Å². The fourth-order valence-electron chi connectivity index (χ4n) is 2.72. The predicted octanol–water partition coefficient (Wildman–Crippen LogP) is 3.89. The van der Waals surface area contributed by atoms with E-state index in [2.05, 4.69) is 24.7 Å². The summed E-state index contributed by atoms with van der Waals surface area (Å²) in [4.78, 5) is 24.4. The smallest absolute Gasteiger partial charge is 0.279 e. The van der Waals surface area contributed by atoms with Crippen LogP contribution < -0.4 is 20.3 Å². The molecule has 2 unspecified atom stereocenters. The summed E-state index contributed by atoms with van der Waals surface area (Å²) in [7, 11) is 0. The number of rotatable bonds is 9. The summed E-state index contributed by atoms with van der Waals surface area (Å²) >= 11 is 0. The minimum Gasteiger partial charge on any atom is -0.484 e. The predicted molar refractivity (Wildman–Crippen MR) is 113 cm³/mol. The molecule has 156 valence electrons. The van der Waals surface area contributed by atoms with Gasteiger partial charge in [-0.25, -0.2) is 0 Å². The molecule has 2 amide bonds. The third-order valence-corrected chi connectivity index (χ3v) is 4.71. The van der Waals surface area contributed by atoms with Gasteiger partial charge in [0.15, 0.2) is 12.7 Å². The molecule has 0 aliphatic rings. The SMILES string of the molecule is CCC(Oc1ccccc1C(C)CC)C(=O)NNC(=O)COc1ccc(C)cc1. The minimum absolute atomic E-state index is 0.197. The van der Waals surface area contributed by atoms with Gasteiger partial charge in [-0.2, -0.15) is 0 Å². The molecule has 2 atom stereocenters. The average molecular weight is 399 g/mol. The Balaban J connectivity index is 1.86. The van der Waals surface area contributed by atoms with E-state index in [9.17, 15) is 9.59 Å². The number of benzene rings is 2. The van der Waals surface area contributed by atoms with E-state index in [1.807, 2.05) is 50.2 Å². The van der Waals surface area contributed by atoms with Crippen molar-refractivity contribution in [1.82, 2.24) is 10.9 Å². The molecule has 0 spiro atoms. The molecular weight excluding hydrogens is 368 g/mol. The van der Waals surface area contributed by atoms with Crippen molar-refractivity contribution < 1.29 is 19.1 Å². The molecule has 2 aromatic carbocycles. The van der Waals surface area contributed by atoms with Crippen LogP contribution in [0.2, 0.25) is 0 Å². The van der Waals surface area contributed by atoms with Gasteiger partial charge < -0.3 is 9.47 Å². The number of carbonyl (C=O) groups excluding carboxylic acids is 2. The molecule has 6 nitrogen and oxygen atoms in total. The first-order valence-electron chi connectivity index (χ1n) is 9.98. The Morgan fingerprint density at radius 2 is 1.66 bits per heavy atom. The highest BCUT2D eigenvalue weighted by molar-refractivity contribution is 5.85. The van der Waals surface area contributed by atoms with Gasteiger partial charge in [-0.05, 0) is 49.4 Å². The van der Waals surface area contributed by atoms with Crippen LogP contribution in [-0.4, -0.2) is 24.5 Å². The van der Waals surface area contributed by atoms with Crippen LogP contribution in [0.5, 0.6) is 11.5 Å². The zero-order chi connectivity index (χ0) is 21.2. The van der Waals surface area contributed by atoms with Crippen LogP contribution in [0.4, 0.5) is 0 Å². The Labute approximate surface area is 172 Å². The topological polar surface area (TPSA) is 76.7 Å². The van der Waals surface area contributed by atoms with Gasteiger partial charge in [0.25, 0.3) is 11.8 Å². The Morgan fingerprint density at radius 1 is 0.966 bits per heavy atom. The monoisotopic (exact) mass is 398 g/mol. The molecule has 0 saturated carbocycles. The van der Waals surface area contributed by atoms with Crippen molar-refractivity contribution in [3.8, 4) is 11.5 Å². The molecular formula is C23H30N2O4. The maximum absolute atomic E-state index is 12.5. The molecule has 0 bridgehead atoms. The van der Waals surface area contributed by atoms with E-state index in [1.54, 1.807) is 12.1 Å². The number of hydrogen-bond acceptors (Lipinski definition) is 4. The van der Waals surface area contributed by atoms with Crippen molar-refractivity contribution in [2.24, 2.45) is 0 Å². The van der Waals surface area contributed by atoms with Crippen LogP contribution in [0.1, 0.15) is 50.7 Å². The largest absolute Gasteiger partial charge is 0.484 e. The maximum Gasteiger partial charge on any atom is 0.279 e. The van der Waals surface area contributed by atoms with Crippen molar-refractivity contribution >= 4 is 11.8 Å². The molecule has 0 saturated heterocycles. The number of hydrogen-bond donors (Lipinski definition) is 2. The first-order valence-corrected chi connectivity index (χ1v) is 9.98. The highest BCUT2D eigenvalue weighted by atomic mass is 16.5. The van der Waals surface area contributed by atoms with E-state index >= 15 is 0 Å². The Kier molecular flexibility index (Phi) is 8.52. The molecule has 0 heterocycles. The third-order valence-electron chi connectivity index (χ3n) is 4.71. The van der Waals surface area contributed by atoms with E-state index in [-0.39, 0.29) is 6.61 Å². The second-order valence-electron chi connectivity index (χ2n) is 7.00. The van der Waals surface area contributed by atoms with Crippen LogP contribution >= 0.6 is 0 Å². The van der Waals surface area contributed by atoms with E-state index in [4.69, 9.17) is 9.47 Å². The molecule has 0 aromatic heterocycles. The Hall–Kier alpha value is -3.02. The molecule has 6 heteroatoms. The Bertz CT molecular complexity index is 805. The average Bonchev–Trinajstić information content (AvgIpc) is 2.75. The first kappa shape index (κ1) is 22.3. The number of para-hydroxylation sites is 1. The fraction of sp³-hybridized carbons (Fsp3) is 0.391. The molecule has 0 aliphatic carbocycles. The van der Waals surface area contributed by atoms with Gasteiger partial charge in [-0.15, -0.1) is 0 Å². The van der Waals surface area contributed by atoms with Crippen LogP contribution in [-0.2, 0) is 9.59 Å². The van der Waals surface area contributed by atoms with Gasteiger partial charge in [0.05, 0.1) is 0 Å². The minimum atomic E-state index is -0.710. The molecule has 2 aromatic rings. The summed E-state index contributed by atoms with van der Waals surface area (Å²) in [5.74, 6) is 0.751. The molecule has 0 radical (unpaired) electrons. The lowest BCUT2D eigenvalue weighted by Gasteiger charge is -2.21. The fourth-order valence-corrected chi connectivity index (χ4v) is 2.72. The zero-order valence-electron chi connectivity index (χ0n) is 17.5. The molecule has 2 rings (SSSR count). The van der Waals surface area contributed by atoms with Gasteiger partial charge in [-0.3, -0.25) is 20.4 Å². The molecule has 0 fully saturated rings. The van der Waals surface area contributed by atoms with Gasteiger partial charge in [-0.1, -0.05) is 56.7 Å². The van der Waals surface area contributed by atoms with Crippen molar-refractivity contribution in [3.63, 3.8) is 0 Å². The van der Waals surface area contributed by atoms with Gasteiger partial charge >= 0.3 is 0 Å². The highest BCUT2D eigenvalue weighted by Gasteiger charge is 2.21. The Morgan fingerprint density at radius 3 is 2.31 bits per heavy atom. The van der Waals surface area contributed by atoms with Gasteiger partial charge in [0.1, 0.15) is 11.5 Å². The standard InChI is InChI=1S/C23H30N2O4/c1-5-17(4)19-9-7-8-10-21(19)29-20(6-2)23(27)25-24-22(26)15-28-18-13-11-16(3)12-14-18/h7-14,17,20H,5-6,15H2,1-4H3,(H,24,26)(H,25,27). The third kappa shape index (κ3) is 6.82. The van der Waals surface area contributed by atoms with E-state index in [1.165, 1.54) is 0 Å². The summed E-state index contributed by atoms with van der Waals surface area (Å²) in [6.45, 7) is 7.87. The number of carbonyl (C=O) groups is 2. The number of amides is 2. The number of aryl methyl sites for hydroxylation is 1. The van der Waals surface area contributed by atoms with Crippen molar-refractivity contribution in [2.75, 3.05) is 6.61 Å². The van der Waals surface area contributed by atoms with Gasteiger partial charge in [0, 0.05) is 0 Å². The van der Waals surface area contributed by atoms with E-state index in [0.717, 1.165) is 17.5 Å². The summed E-state index contributed by atoms with van der Waals surface area (Å²) in [5, 5.41) is 0. The summed E-state index contributed by atoms with van der Waals surface area (Å²) < 4.78 is 11.4. The number of ether oxygens (including phenoxy) is 2. The van der Waals surface area contributed by atoms with Crippen LogP contribution in [0.15, 0.2) is 48.5 Å². The van der Waals surface area contributed by atoms with Gasteiger partial charge in [0.2, 0.25) is 0 Å². The molecule has 2 N–H and O–H groups in total. The second kappa shape index (κ2) is 11.1. The van der Waals surface area contributed by atoms with Crippen LogP contribution in [0.3, 0.4) is 0 Å². The first-order chi connectivity index (χ1) is 13.9. The van der Waals surface area contributed by atoms with Crippen molar-refractivity contribution in [2.45, 2.75) is 52.6 Å². The molecule has 0 aliphatic heterocycles. The number of nitrogens with one attached hydrogen (secondary N) is 2. The molecule has 29 heavy (non-hydrogen) atoms. The lowest BCUT2D eigenvalue weighted by Crippen LogP contribution is -2.49. The lowest BCUT2D eigenvalue weighted by atomic mass is 9.98. The van der Waals surface area contributed by atoms with Crippen molar-refractivity contribution in [3.05, 3.63) is 59.7 Å². The summed E-state index contributed by atoms with van der Waals surface area (Å²) in [6.07, 6.45) is 0.732. The zero-order valence-corrected chi connectivity index (χ0v) is 17.5. The normalized spacial score (nSPS) is 12.6.